The maximum Gasteiger partial charge on any atom is 0.139 e. The van der Waals surface area contributed by atoms with E-state index in [9.17, 15) is 9.90 Å². The minimum Gasteiger partial charge on any atom is -0.388 e. The molecule has 2 heteroatoms. The lowest BCUT2D eigenvalue weighted by Crippen LogP contribution is -2.39. The summed E-state index contributed by atoms with van der Waals surface area (Å²) in [4.78, 5) is 12.3. The number of benzene rings is 1. The standard InChI is InChI=1S/C17H20O2/c1-11-7-12-9-14(8-11)16(15(18)10-12)17(19)13-5-3-2-4-6-13/h2-6,12,14,16-17,19H,1,7-10H2/t12?,14?,16?,17-/m0/s1. The van der Waals surface area contributed by atoms with Gasteiger partial charge in [-0.25, -0.2) is 0 Å². The molecule has 0 heterocycles. The number of rotatable bonds is 2. The average molecular weight is 256 g/mol. The number of hydrogen-bond acceptors (Lipinski definition) is 2. The Morgan fingerprint density at radius 3 is 2.63 bits per heavy atom. The molecule has 100 valence electrons. The molecule has 2 saturated carbocycles. The summed E-state index contributed by atoms with van der Waals surface area (Å²) in [5.74, 6) is 0.751. The van der Waals surface area contributed by atoms with Crippen molar-refractivity contribution in [2.75, 3.05) is 0 Å². The van der Waals surface area contributed by atoms with E-state index in [1.54, 1.807) is 0 Å². The van der Waals surface area contributed by atoms with Crippen LogP contribution in [-0.4, -0.2) is 10.9 Å². The Morgan fingerprint density at radius 1 is 1.16 bits per heavy atom. The summed E-state index contributed by atoms with van der Waals surface area (Å²) in [5.41, 5.74) is 2.11. The predicted octanol–water partition coefficient (Wildman–Crippen LogP) is 3.28. The Labute approximate surface area is 114 Å². The molecule has 1 N–H and O–H groups in total. The van der Waals surface area contributed by atoms with Gasteiger partial charge in [0.15, 0.2) is 0 Å². The maximum atomic E-state index is 12.3. The Morgan fingerprint density at radius 2 is 1.89 bits per heavy atom. The molecule has 4 atom stereocenters. The average Bonchev–Trinajstić information content (AvgIpc) is 2.38. The van der Waals surface area contributed by atoms with Gasteiger partial charge in [-0.15, -0.1) is 0 Å². The van der Waals surface area contributed by atoms with Crippen LogP contribution >= 0.6 is 0 Å². The summed E-state index contributed by atoms with van der Waals surface area (Å²) in [5, 5.41) is 10.6. The van der Waals surface area contributed by atoms with E-state index in [2.05, 4.69) is 6.58 Å². The van der Waals surface area contributed by atoms with Gasteiger partial charge in [0.25, 0.3) is 0 Å². The first-order valence-corrected chi connectivity index (χ1v) is 7.07. The van der Waals surface area contributed by atoms with E-state index in [-0.39, 0.29) is 17.6 Å². The van der Waals surface area contributed by atoms with Gasteiger partial charge in [-0.2, -0.15) is 0 Å². The van der Waals surface area contributed by atoms with Crippen LogP contribution in [0, 0.1) is 17.8 Å². The Hall–Kier alpha value is -1.41. The van der Waals surface area contributed by atoms with Crippen LogP contribution in [0.5, 0.6) is 0 Å². The van der Waals surface area contributed by atoms with Crippen LogP contribution in [0.25, 0.3) is 0 Å². The number of carbonyl (C=O) groups is 1. The lowest BCUT2D eigenvalue weighted by Gasteiger charge is -2.42. The van der Waals surface area contributed by atoms with Crippen molar-refractivity contribution >= 4 is 5.78 Å². The molecule has 0 radical (unpaired) electrons. The van der Waals surface area contributed by atoms with Gasteiger partial charge in [0.2, 0.25) is 0 Å². The molecule has 2 nitrogen and oxygen atoms in total. The van der Waals surface area contributed by atoms with Crippen LogP contribution in [0.4, 0.5) is 0 Å². The van der Waals surface area contributed by atoms with E-state index in [0.717, 1.165) is 24.8 Å². The van der Waals surface area contributed by atoms with Gasteiger partial charge >= 0.3 is 0 Å². The lowest BCUT2D eigenvalue weighted by atomic mass is 9.63. The van der Waals surface area contributed by atoms with E-state index in [1.807, 2.05) is 30.3 Å². The van der Waals surface area contributed by atoms with Crippen LogP contribution in [0.1, 0.15) is 37.4 Å². The summed E-state index contributed by atoms with van der Waals surface area (Å²) >= 11 is 0. The maximum absolute atomic E-state index is 12.3. The number of Topliss-reactive ketones (excluding diaryl/α,β-unsaturated/α-hetero) is 1. The second kappa shape index (κ2) is 4.93. The SMILES string of the molecule is C=C1CC2CC(=O)C([C@@H](O)c3ccccc3)C(C1)C2. The largest absolute Gasteiger partial charge is 0.388 e. The topological polar surface area (TPSA) is 37.3 Å². The number of fused-ring (bicyclic) bond motifs is 2. The molecule has 2 aliphatic rings. The van der Waals surface area contributed by atoms with Gasteiger partial charge in [-0.05, 0) is 36.7 Å². The second-order valence-corrected chi connectivity index (χ2v) is 6.07. The fraction of sp³-hybridized carbons (Fsp3) is 0.471. The zero-order chi connectivity index (χ0) is 13.4. The first-order chi connectivity index (χ1) is 9.15. The third-order valence-corrected chi connectivity index (χ3v) is 4.62. The molecule has 0 amide bonds. The van der Waals surface area contributed by atoms with E-state index in [4.69, 9.17) is 0 Å². The number of carbonyl (C=O) groups excluding carboxylic acids is 1. The van der Waals surface area contributed by atoms with Gasteiger partial charge in [0.05, 0.1) is 12.0 Å². The Kier molecular flexibility index (Phi) is 3.28. The molecule has 1 aromatic rings. The first-order valence-electron chi connectivity index (χ1n) is 7.07. The third-order valence-electron chi connectivity index (χ3n) is 4.62. The highest BCUT2D eigenvalue weighted by atomic mass is 16.3. The van der Waals surface area contributed by atoms with Crippen molar-refractivity contribution < 1.29 is 9.90 Å². The van der Waals surface area contributed by atoms with Crippen LogP contribution in [0.15, 0.2) is 42.5 Å². The van der Waals surface area contributed by atoms with Crippen molar-refractivity contribution in [3.05, 3.63) is 48.0 Å². The van der Waals surface area contributed by atoms with E-state index >= 15 is 0 Å². The number of aliphatic hydroxyl groups excluding tert-OH is 1. The minimum absolute atomic E-state index is 0.240. The molecule has 0 saturated heterocycles. The summed E-state index contributed by atoms with van der Waals surface area (Å²) in [6.07, 6.45) is 2.92. The lowest BCUT2D eigenvalue weighted by molar-refractivity contribution is -0.134. The highest BCUT2D eigenvalue weighted by molar-refractivity contribution is 5.83. The summed E-state index contributed by atoms with van der Waals surface area (Å²) in [6.45, 7) is 4.10. The zero-order valence-corrected chi connectivity index (χ0v) is 11.1. The highest BCUT2D eigenvalue weighted by Crippen LogP contribution is 2.47. The summed E-state index contributed by atoms with van der Waals surface area (Å²) in [7, 11) is 0. The Balaban J connectivity index is 1.86. The molecule has 0 spiro atoms. The van der Waals surface area contributed by atoms with Gasteiger partial charge in [-0.3, -0.25) is 4.79 Å². The quantitative estimate of drug-likeness (QED) is 0.824. The van der Waals surface area contributed by atoms with Crippen molar-refractivity contribution in [2.24, 2.45) is 17.8 Å². The predicted molar refractivity (Wildman–Crippen MR) is 74.5 cm³/mol. The molecule has 2 bridgehead atoms. The molecule has 2 fully saturated rings. The van der Waals surface area contributed by atoms with Gasteiger partial charge in [-0.1, -0.05) is 42.5 Å². The number of hydrogen-bond donors (Lipinski definition) is 1. The van der Waals surface area contributed by atoms with Crippen molar-refractivity contribution in [2.45, 2.75) is 31.8 Å². The van der Waals surface area contributed by atoms with Crippen molar-refractivity contribution in [1.82, 2.24) is 0 Å². The number of aliphatic hydroxyl groups is 1. The fourth-order valence-corrected chi connectivity index (χ4v) is 3.86. The molecule has 0 aliphatic heterocycles. The number of ketones is 1. The number of allylic oxidation sites excluding steroid dienone is 1. The fourth-order valence-electron chi connectivity index (χ4n) is 3.86. The van der Waals surface area contributed by atoms with E-state index < -0.39 is 6.10 Å². The normalized spacial score (nSPS) is 32.2. The third kappa shape index (κ3) is 2.37. The molecule has 3 rings (SSSR count). The van der Waals surface area contributed by atoms with E-state index in [1.165, 1.54) is 5.57 Å². The molecular formula is C17H20O2. The van der Waals surface area contributed by atoms with E-state index in [0.29, 0.717) is 12.3 Å². The molecular weight excluding hydrogens is 236 g/mol. The van der Waals surface area contributed by atoms with Crippen molar-refractivity contribution in [1.29, 1.82) is 0 Å². The first kappa shape index (κ1) is 12.6. The monoisotopic (exact) mass is 256 g/mol. The van der Waals surface area contributed by atoms with Gasteiger partial charge in [0.1, 0.15) is 5.78 Å². The summed E-state index contributed by atoms with van der Waals surface area (Å²) < 4.78 is 0. The smallest absolute Gasteiger partial charge is 0.139 e. The highest BCUT2D eigenvalue weighted by Gasteiger charge is 2.43. The van der Waals surface area contributed by atoms with Crippen LogP contribution < -0.4 is 0 Å². The molecule has 19 heavy (non-hydrogen) atoms. The second-order valence-electron chi connectivity index (χ2n) is 6.07. The Bertz CT molecular complexity index is 491. The molecule has 1 aromatic carbocycles. The zero-order valence-electron chi connectivity index (χ0n) is 11.1. The van der Waals surface area contributed by atoms with Crippen LogP contribution in [-0.2, 0) is 4.79 Å². The van der Waals surface area contributed by atoms with Gasteiger partial charge < -0.3 is 5.11 Å². The molecule has 3 unspecified atom stereocenters. The van der Waals surface area contributed by atoms with Crippen molar-refractivity contribution in [3.8, 4) is 0 Å². The summed E-state index contributed by atoms with van der Waals surface area (Å²) in [6, 6.07) is 9.56. The molecule has 2 aliphatic carbocycles. The van der Waals surface area contributed by atoms with Gasteiger partial charge in [0, 0.05) is 6.42 Å². The van der Waals surface area contributed by atoms with Crippen molar-refractivity contribution in [3.63, 3.8) is 0 Å². The molecule has 0 aromatic heterocycles. The van der Waals surface area contributed by atoms with Crippen LogP contribution in [0.3, 0.4) is 0 Å². The minimum atomic E-state index is -0.662. The van der Waals surface area contributed by atoms with Crippen LogP contribution in [0.2, 0.25) is 0 Å².